The third-order valence-corrected chi connectivity index (χ3v) is 5.86. The lowest BCUT2D eigenvalue weighted by Crippen LogP contribution is -2.33. The number of nitrogens with zero attached hydrogens (tertiary/aromatic N) is 4. The van der Waals surface area contributed by atoms with E-state index in [-0.39, 0.29) is 17.0 Å². The Kier molecular flexibility index (Phi) is 5.35. The molecular formula is C10H16N6O9P2. The molecule has 6 unspecified atom stereocenters. The highest BCUT2D eigenvalue weighted by Gasteiger charge is 2.45. The molecule has 150 valence electrons. The summed E-state index contributed by atoms with van der Waals surface area (Å²) in [6.07, 6.45) is -3.05. The van der Waals surface area contributed by atoms with E-state index in [1.807, 2.05) is 0 Å². The molecule has 2 aromatic rings. The second kappa shape index (κ2) is 7.14. The summed E-state index contributed by atoms with van der Waals surface area (Å²) in [6.45, 7) is -0.758. The molecule has 0 aliphatic carbocycles. The van der Waals surface area contributed by atoms with Crippen molar-refractivity contribution in [2.24, 2.45) is 5.50 Å². The van der Waals surface area contributed by atoms with Crippen molar-refractivity contribution >= 4 is 32.6 Å². The first-order valence-electron chi connectivity index (χ1n) is 7.23. The molecule has 0 spiro atoms. The molecule has 1 aliphatic heterocycles. The lowest BCUT2D eigenvalue weighted by atomic mass is 10.1. The van der Waals surface area contributed by atoms with Crippen molar-refractivity contribution in [2.45, 2.75) is 24.5 Å². The maximum Gasteiger partial charge on any atom is 0.480 e. The highest BCUT2D eigenvalue weighted by atomic mass is 31.3. The molecule has 2 aromatic heterocycles. The van der Waals surface area contributed by atoms with Crippen molar-refractivity contribution in [3.63, 3.8) is 0 Å². The third kappa shape index (κ3) is 4.33. The van der Waals surface area contributed by atoms with Crippen LogP contribution < -0.4 is 11.2 Å². The Hall–Kier alpha value is -1.51. The number of hydrogen-bond acceptors (Lipinski definition) is 11. The zero-order valence-electron chi connectivity index (χ0n) is 13.3. The number of phosphoric ester groups is 1. The molecule has 1 saturated heterocycles. The van der Waals surface area contributed by atoms with Gasteiger partial charge < -0.3 is 30.5 Å². The normalized spacial score (nSPS) is 30.3. The van der Waals surface area contributed by atoms with Gasteiger partial charge in [0.2, 0.25) is 0 Å². The molecule has 0 amide bonds. The van der Waals surface area contributed by atoms with Crippen molar-refractivity contribution < 1.29 is 42.7 Å². The molecule has 1 aliphatic rings. The number of anilines is 1. The Morgan fingerprint density at radius 2 is 1.93 bits per heavy atom. The predicted octanol–water partition coefficient (Wildman–Crippen LogP) is -1.78. The molecule has 0 bridgehead atoms. The Balaban J connectivity index is 1.75. The van der Waals surface area contributed by atoms with Crippen LogP contribution in [-0.4, -0.2) is 64.4 Å². The first kappa shape index (κ1) is 20.2. The van der Waals surface area contributed by atoms with Crippen molar-refractivity contribution in [3.8, 4) is 0 Å². The minimum absolute atomic E-state index is 0.0975. The van der Waals surface area contributed by atoms with Crippen molar-refractivity contribution in [1.82, 2.24) is 19.5 Å². The lowest BCUT2D eigenvalue weighted by Gasteiger charge is -2.18. The number of ether oxygens (including phenoxy) is 1. The monoisotopic (exact) mass is 426 g/mol. The summed E-state index contributed by atoms with van der Waals surface area (Å²) in [6, 6.07) is 0. The molecule has 17 heteroatoms. The Labute approximate surface area is 150 Å². The maximum absolute atomic E-state index is 11.6. The van der Waals surface area contributed by atoms with Crippen LogP contribution in [0.15, 0.2) is 12.7 Å². The van der Waals surface area contributed by atoms with E-state index in [0.29, 0.717) is 0 Å². The summed E-state index contributed by atoms with van der Waals surface area (Å²) in [7, 11) is -9.79. The van der Waals surface area contributed by atoms with Gasteiger partial charge in [0.05, 0.1) is 12.9 Å². The molecule has 3 rings (SSSR count). The van der Waals surface area contributed by atoms with Gasteiger partial charge in [-0.1, -0.05) is 0 Å². The Morgan fingerprint density at radius 3 is 2.59 bits per heavy atom. The highest BCUT2D eigenvalue weighted by Crippen LogP contribution is 2.56. The van der Waals surface area contributed by atoms with E-state index in [0.717, 1.165) is 0 Å². The summed E-state index contributed by atoms with van der Waals surface area (Å²) in [5, 5.41) is 20.3. The van der Waals surface area contributed by atoms with Crippen LogP contribution in [-0.2, 0) is 22.7 Å². The fourth-order valence-corrected chi connectivity index (χ4v) is 4.20. The smallest absolute Gasteiger partial charge is 0.387 e. The molecule has 15 nitrogen and oxygen atoms in total. The van der Waals surface area contributed by atoms with Crippen LogP contribution in [0.2, 0.25) is 0 Å². The van der Waals surface area contributed by atoms with E-state index in [2.05, 4.69) is 29.3 Å². The second-order valence-electron chi connectivity index (χ2n) is 5.54. The van der Waals surface area contributed by atoms with Gasteiger partial charge in [0, 0.05) is 0 Å². The van der Waals surface area contributed by atoms with E-state index in [1.165, 1.54) is 17.2 Å². The van der Waals surface area contributed by atoms with Gasteiger partial charge in [-0.2, -0.15) is 4.31 Å². The summed E-state index contributed by atoms with van der Waals surface area (Å²) in [5.41, 5.74) is 10.8. The van der Waals surface area contributed by atoms with Gasteiger partial charge >= 0.3 is 15.6 Å². The van der Waals surface area contributed by atoms with Crippen LogP contribution in [0.5, 0.6) is 0 Å². The number of hydrogen-bond donors (Lipinski definition) is 6. The number of nitrogens with two attached hydrogens (primary N) is 2. The number of aromatic nitrogens is 4. The second-order valence-corrected chi connectivity index (χ2v) is 8.52. The van der Waals surface area contributed by atoms with Gasteiger partial charge in [-0.3, -0.25) is 9.09 Å². The maximum atomic E-state index is 11.6. The van der Waals surface area contributed by atoms with Crippen LogP contribution in [0.1, 0.15) is 6.23 Å². The summed E-state index contributed by atoms with van der Waals surface area (Å²) >= 11 is 0. The molecule has 1 fully saturated rings. The number of aliphatic hydroxyl groups is 2. The first-order chi connectivity index (χ1) is 12.5. The molecular weight excluding hydrogens is 410 g/mol. The van der Waals surface area contributed by atoms with E-state index in [4.69, 9.17) is 15.4 Å². The lowest BCUT2D eigenvalue weighted by molar-refractivity contribution is -0.0501. The average Bonchev–Trinajstić information content (AvgIpc) is 3.07. The minimum Gasteiger partial charge on any atom is -0.387 e. The largest absolute Gasteiger partial charge is 0.480 e. The molecule has 0 aromatic carbocycles. The van der Waals surface area contributed by atoms with Gasteiger partial charge in [0.15, 0.2) is 17.7 Å². The standard InChI is InChI=1S/C10H16N6O9P2/c11-8-5-9(14-2-13-8)16(3-15-5)10-7(18)6(17)4(24-10)1-23-27(21,22)25-26(12,19)20/h2-4,6-7,10,17-18H,1H2,(H,21,22)(H2,11,13,14)(H3,12,19,20). The number of imidazole rings is 1. The first-order valence-corrected chi connectivity index (χ1v) is 10.4. The summed E-state index contributed by atoms with van der Waals surface area (Å²) in [4.78, 5) is 29.9. The summed E-state index contributed by atoms with van der Waals surface area (Å²) < 4.78 is 37.5. The van der Waals surface area contributed by atoms with E-state index < -0.39 is 46.7 Å². The van der Waals surface area contributed by atoms with Gasteiger partial charge in [-0.15, -0.1) is 0 Å². The topological polar surface area (TPSA) is 238 Å². The van der Waals surface area contributed by atoms with Crippen LogP contribution in [0, 0.1) is 0 Å². The SMILES string of the molecule is Nc1ncnc2c1ncn2C1OC(COP(=O)(O)OP(N)(=O)O)C(O)C1O. The quantitative estimate of drug-likeness (QED) is 0.280. The van der Waals surface area contributed by atoms with Crippen LogP contribution >= 0.6 is 15.6 Å². The number of fused-ring (bicyclic) bond motifs is 1. The Bertz CT molecular complexity index is 933. The van der Waals surface area contributed by atoms with Crippen molar-refractivity contribution in [3.05, 3.63) is 12.7 Å². The van der Waals surface area contributed by atoms with Crippen LogP contribution in [0.25, 0.3) is 11.2 Å². The fraction of sp³-hybridized carbons (Fsp3) is 0.500. The minimum atomic E-state index is -5.01. The summed E-state index contributed by atoms with van der Waals surface area (Å²) in [5.74, 6) is 0.0975. The zero-order valence-corrected chi connectivity index (χ0v) is 15.1. The number of rotatable bonds is 6. The van der Waals surface area contributed by atoms with Gasteiger partial charge in [-0.25, -0.2) is 29.6 Å². The van der Waals surface area contributed by atoms with Crippen LogP contribution in [0.3, 0.4) is 0 Å². The molecule has 8 N–H and O–H groups in total. The van der Waals surface area contributed by atoms with Crippen LogP contribution in [0.4, 0.5) is 5.82 Å². The highest BCUT2D eigenvalue weighted by molar-refractivity contribution is 7.62. The molecule has 0 saturated carbocycles. The molecule has 6 atom stereocenters. The predicted molar refractivity (Wildman–Crippen MR) is 86.5 cm³/mol. The van der Waals surface area contributed by atoms with Gasteiger partial charge in [-0.05, 0) is 0 Å². The third-order valence-electron chi connectivity index (χ3n) is 3.62. The van der Waals surface area contributed by atoms with E-state index in [9.17, 15) is 24.2 Å². The van der Waals surface area contributed by atoms with E-state index in [1.54, 1.807) is 0 Å². The van der Waals surface area contributed by atoms with Crippen molar-refractivity contribution in [1.29, 1.82) is 0 Å². The number of aliphatic hydroxyl groups excluding tert-OH is 2. The Morgan fingerprint density at radius 1 is 1.22 bits per heavy atom. The zero-order chi connectivity index (χ0) is 20.0. The average molecular weight is 426 g/mol. The molecule has 3 heterocycles. The van der Waals surface area contributed by atoms with Gasteiger partial charge in [0.1, 0.15) is 30.2 Å². The van der Waals surface area contributed by atoms with E-state index >= 15 is 0 Å². The fourth-order valence-electron chi connectivity index (χ4n) is 2.49. The molecule has 27 heavy (non-hydrogen) atoms. The van der Waals surface area contributed by atoms with Crippen molar-refractivity contribution in [2.75, 3.05) is 12.3 Å². The molecule has 0 radical (unpaired) electrons. The number of phosphoric acid groups is 1. The number of nitrogen functional groups attached to an aromatic ring is 1. The van der Waals surface area contributed by atoms with Gasteiger partial charge in [0.25, 0.3) is 0 Å².